The SMILES string of the molecule is O=C(Nc1ccccc1C(F)(F)F)N1CCc2c(sc3ncn(Cc4ccc(F)cc4)c(=O)c23)C1. The Morgan fingerprint density at radius 2 is 1.86 bits per heavy atom. The Bertz CT molecular complexity index is 1480. The zero-order valence-electron chi connectivity index (χ0n) is 18.1. The van der Waals surface area contributed by atoms with Crippen molar-refractivity contribution in [2.45, 2.75) is 25.7 Å². The molecule has 0 atom stereocenters. The zero-order chi connectivity index (χ0) is 24.7. The van der Waals surface area contributed by atoms with Crippen molar-refractivity contribution < 1.29 is 22.4 Å². The monoisotopic (exact) mass is 502 g/mol. The molecule has 3 heterocycles. The second-order valence-corrected chi connectivity index (χ2v) is 9.22. The Labute approximate surface area is 200 Å². The number of thiophene rings is 1. The average molecular weight is 502 g/mol. The quantitative estimate of drug-likeness (QED) is 0.389. The van der Waals surface area contributed by atoms with Crippen LogP contribution in [0.3, 0.4) is 0 Å². The van der Waals surface area contributed by atoms with Crippen LogP contribution in [0.5, 0.6) is 0 Å². The largest absolute Gasteiger partial charge is 0.418 e. The molecule has 1 N–H and O–H groups in total. The Balaban J connectivity index is 1.38. The number of carbonyl (C=O) groups excluding carboxylic acids is 1. The predicted octanol–water partition coefficient (Wildman–Crippen LogP) is 5.25. The highest BCUT2D eigenvalue weighted by Gasteiger charge is 2.34. The predicted molar refractivity (Wildman–Crippen MR) is 124 cm³/mol. The smallest absolute Gasteiger partial charge is 0.319 e. The van der Waals surface area contributed by atoms with Crippen LogP contribution in [-0.4, -0.2) is 27.0 Å². The third-order valence-electron chi connectivity index (χ3n) is 5.85. The second kappa shape index (κ2) is 8.81. The van der Waals surface area contributed by atoms with Gasteiger partial charge in [0.15, 0.2) is 0 Å². The first-order valence-corrected chi connectivity index (χ1v) is 11.5. The minimum Gasteiger partial charge on any atom is -0.319 e. The Kier molecular flexibility index (Phi) is 5.79. The van der Waals surface area contributed by atoms with Crippen molar-refractivity contribution in [1.82, 2.24) is 14.5 Å². The first kappa shape index (κ1) is 23.0. The van der Waals surface area contributed by atoms with Crippen molar-refractivity contribution in [2.75, 3.05) is 11.9 Å². The summed E-state index contributed by atoms with van der Waals surface area (Å²) in [6.07, 6.45) is -2.78. The van der Waals surface area contributed by atoms with Gasteiger partial charge < -0.3 is 10.2 Å². The van der Waals surface area contributed by atoms with E-state index in [1.165, 1.54) is 57.5 Å². The van der Waals surface area contributed by atoms with Gasteiger partial charge in [0.05, 0.1) is 36.1 Å². The van der Waals surface area contributed by atoms with Crippen molar-refractivity contribution in [3.05, 3.63) is 92.6 Å². The number of carbonyl (C=O) groups is 1. The van der Waals surface area contributed by atoms with E-state index in [-0.39, 0.29) is 36.7 Å². The number of urea groups is 1. The Morgan fingerprint density at radius 1 is 1.11 bits per heavy atom. The van der Waals surface area contributed by atoms with Gasteiger partial charge in [0.2, 0.25) is 0 Å². The summed E-state index contributed by atoms with van der Waals surface area (Å²) in [5.41, 5.74) is 0.0987. The molecule has 0 radical (unpaired) electrons. The van der Waals surface area contributed by atoms with E-state index < -0.39 is 17.8 Å². The minimum atomic E-state index is -4.59. The number of nitrogens with one attached hydrogen (secondary N) is 1. The molecule has 1 aliphatic heterocycles. The lowest BCUT2D eigenvalue weighted by atomic mass is 10.1. The number of fused-ring (bicyclic) bond motifs is 3. The molecule has 6 nitrogen and oxygen atoms in total. The third-order valence-corrected chi connectivity index (χ3v) is 6.98. The van der Waals surface area contributed by atoms with Crippen LogP contribution >= 0.6 is 11.3 Å². The van der Waals surface area contributed by atoms with E-state index in [1.54, 1.807) is 12.1 Å². The standard InChI is InChI=1S/C24H18F4N4O2S/c25-15-7-5-14(6-8-15)11-32-13-29-21-20(22(32)33)16-9-10-31(12-19(16)35-21)23(34)30-18-4-2-1-3-17(18)24(26,27)28/h1-8,13H,9-12H2,(H,30,34). The molecule has 2 aromatic heterocycles. The van der Waals surface area contributed by atoms with Crippen LogP contribution in [0.15, 0.2) is 59.7 Å². The summed E-state index contributed by atoms with van der Waals surface area (Å²) >= 11 is 1.29. The normalized spacial score (nSPS) is 13.7. The number of para-hydroxylation sites is 1. The summed E-state index contributed by atoms with van der Waals surface area (Å²) in [4.78, 5) is 33.1. The molecule has 5 rings (SSSR count). The summed E-state index contributed by atoms with van der Waals surface area (Å²) < 4.78 is 54.4. The van der Waals surface area contributed by atoms with Gasteiger partial charge in [0, 0.05) is 11.4 Å². The topological polar surface area (TPSA) is 67.2 Å². The lowest BCUT2D eigenvalue weighted by molar-refractivity contribution is -0.136. The van der Waals surface area contributed by atoms with Gasteiger partial charge >= 0.3 is 12.2 Å². The number of nitrogens with zero attached hydrogens (tertiary/aromatic N) is 3. The molecule has 0 unspecified atom stereocenters. The first-order chi connectivity index (χ1) is 16.7. The molecule has 0 bridgehead atoms. The summed E-state index contributed by atoms with van der Waals surface area (Å²) in [5, 5.41) is 2.85. The number of amides is 2. The van der Waals surface area contributed by atoms with Crippen molar-refractivity contribution in [1.29, 1.82) is 0 Å². The molecule has 11 heteroatoms. The molecule has 1 aliphatic rings. The molecule has 0 saturated carbocycles. The van der Waals surface area contributed by atoms with Crippen LogP contribution in [0, 0.1) is 5.82 Å². The fourth-order valence-electron chi connectivity index (χ4n) is 4.12. The summed E-state index contributed by atoms with van der Waals surface area (Å²) in [7, 11) is 0. The number of halogens is 4. The summed E-state index contributed by atoms with van der Waals surface area (Å²) in [6.45, 7) is 0.638. The molecule has 0 spiro atoms. The van der Waals surface area contributed by atoms with Crippen molar-refractivity contribution in [3.8, 4) is 0 Å². The molecule has 0 saturated heterocycles. The van der Waals surface area contributed by atoms with E-state index in [2.05, 4.69) is 10.3 Å². The molecular formula is C24H18F4N4O2S. The third kappa shape index (κ3) is 4.51. The molecular weight excluding hydrogens is 484 g/mol. The van der Waals surface area contributed by atoms with Gasteiger partial charge in [-0.05, 0) is 41.8 Å². The maximum Gasteiger partial charge on any atom is 0.418 e. The first-order valence-electron chi connectivity index (χ1n) is 10.7. The van der Waals surface area contributed by atoms with E-state index in [9.17, 15) is 27.2 Å². The fraction of sp³-hybridized carbons (Fsp3) is 0.208. The Morgan fingerprint density at radius 3 is 2.60 bits per heavy atom. The van der Waals surface area contributed by atoms with Crippen LogP contribution in [0.4, 0.5) is 28.0 Å². The lowest BCUT2D eigenvalue weighted by Gasteiger charge is -2.27. The maximum atomic E-state index is 13.3. The highest BCUT2D eigenvalue weighted by Crippen LogP contribution is 2.36. The van der Waals surface area contributed by atoms with Crippen LogP contribution < -0.4 is 10.9 Å². The Hall–Kier alpha value is -3.73. The van der Waals surface area contributed by atoms with Crippen molar-refractivity contribution in [3.63, 3.8) is 0 Å². The fourth-order valence-corrected chi connectivity index (χ4v) is 5.32. The number of alkyl halides is 3. The summed E-state index contributed by atoms with van der Waals surface area (Å²) in [6, 6.07) is 10.0. The number of hydrogen-bond donors (Lipinski definition) is 1. The van der Waals surface area contributed by atoms with Crippen LogP contribution in [0.25, 0.3) is 10.2 Å². The van der Waals surface area contributed by atoms with Crippen LogP contribution in [0.1, 0.15) is 21.6 Å². The van der Waals surface area contributed by atoms with Gasteiger partial charge in [-0.15, -0.1) is 11.3 Å². The zero-order valence-corrected chi connectivity index (χ0v) is 18.9. The minimum absolute atomic E-state index is 0.160. The molecule has 180 valence electrons. The van der Waals surface area contributed by atoms with Gasteiger partial charge in [0.25, 0.3) is 5.56 Å². The molecule has 0 aliphatic carbocycles. The second-order valence-electron chi connectivity index (χ2n) is 8.13. The van der Waals surface area contributed by atoms with E-state index in [1.807, 2.05) is 0 Å². The van der Waals surface area contributed by atoms with E-state index in [0.29, 0.717) is 16.6 Å². The van der Waals surface area contributed by atoms with E-state index in [0.717, 1.165) is 22.1 Å². The van der Waals surface area contributed by atoms with Crippen LogP contribution in [-0.2, 0) is 25.7 Å². The molecule has 0 fully saturated rings. The number of benzene rings is 2. The molecule has 2 amide bonds. The van der Waals surface area contributed by atoms with E-state index >= 15 is 0 Å². The highest BCUT2D eigenvalue weighted by molar-refractivity contribution is 7.18. The highest BCUT2D eigenvalue weighted by atomic mass is 32.1. The van der Waals surface area contributed by atoms with Gasteiger partial charge in [-0.3, -0.25) is 9.36 Å². The van der Waals surface area contributed by atoms with Crippen molar-refractivity contribution >= 4 is 33.3 Å². The van der Waals surface area contributed by atoms with Gasteiger partial charge in [-0.2, -0.15) is 13.2 Å². The van der Waals surface area contributed by atoms with Crippen LogP contribution in [0.2, 0.25) is 0 Å². The molecule has 2 aromatic carbocycles. The number of hydrogen-bond acceptors (Lipinski definition) is 4. The molecule has 35 heavy (non-hydrogen) atoms. The number of anilines is 1. The van der Waals surface area contributed by atoms with Gasteiger partial charge in [0.1, 0.15) is 10.6 Å². The number of aromatic nitrogens is 2. The van der Waals surface area contributed by atoms with Crippen molar-refractivity contribution in [2.24, 2.45) is 0 Å². The van der Waals surface area contributed by atoms with Gasteiger partial charge in [-0.1, -0.05) is 24.3 Å². The number of rotatable bonds is 3. The summed E-state index contributed by atoms with van der Waals surface area (Å²) in [5.74, 6) is -0.364. The average Bonchev–Trinajstić information content (AvgIpc) is 3.20. The maximum absolute atomic E-state index is 13.3. The lowest BCUT2D eigenvalue weighted by Crippen LogP contribution is -2.39. The molecule has 4 aromatic rings. The van der Waals surface area contributed by atoms with Gasteiger partial charge in [-0.25, -0.2) is 14.2 Å². The van der Waals surface area contributed by atoms with E-state index in [4.69, 9.17) is 0 Å².